The lowest BCUT2D eigenvalue weighted by molar-refractivity contribution is 0.961. The van der Waals surface area contributed by atoms with E-state index in [9.17, 15) is 4.79 Å². The minimum atomic E-state index is -0.0759. The van der Waals surface area contributed by atoms with Crippen LogP contribution in [0, 0.1) is 13.8 Å². The maximum atomic E-state index is 11.6. The molecule has 2 aromatic heterocycles. The third-order valence-electron chi connectivity index (χ3n) is 2.37. The number of hydrogen-bond acceptors (Lipinski definition) is 3. The van der Waals surface area contributed by atoms with E-state index in [0.29, 0.717) is 17.8 Å². The van der Waals surface area contributed by atoms with Crippen LogP contribution >= 0.6 is 0 Å². The Balaban J connectivity index is 2.27. The molecule has 0 aromatic carbocycles. The Morgan fingerprint density at radius 2 is 2.00 bits per heavy atom. The first-order chi connectivity index (χ1) is 7.65. The molecule has 2 aromatic rings. The van der Waals surface area contributed by atoms with E-state index < -0.39 is 0 Å². The van der Waals surface area contributed by atoms with Crippen LogP contribution in [0.5, 0.6) is 0 Å². The number of rotatable bonds is 2. The van der Waals surface area contributed by atoms with Crippen LogP contribution in [0.25, 0.3) is 0 Å². The second-order valence-electron chi connectivity index (χ2n) is 3.81. The van der Waals surface area contributed by atoms with Gasteiger partial charge in [0.25, 0.3) is 5.56 Å². The molecular formula is C12H13N3O. The van der Waals surface area contributed by atoms with Crippen molar-refractivity contribution in [3.8, 4) is 0 Å². The number of aryl methyl sites for hydroxylation is 2. The Morgan fingerprint density at radius 3 is 2.62 bits per heavy atom. The summed E-state index contributed by atoms with van der Waals surface area (Å²) >= 11 is 0. The molecule has 4 heteroatoms. The molecular weight excluding hydrogens is 202 g/mol. The van der Waals surface area contributed by atoms with Crippen LogP contribution in [0.15, 0.2) is 29.3 Å². The van der Waals surface area contributed by atoms with E-state index in [1.54, 1.807) is 19.3 Å². The van der Waals surface area contributed by atoms with Crippen molar-refractivity contribution in [2.24, 2.45) is 0 Å². The standard InChI is InChI=1S/C12H13N3O/c1-8-3-4-10(6-13-8)5-11-7-14-9(2)15-12(11)16/h3-4,6-7H,5H2,1-2H3,(H,14,15,16). The maximum absolute atomic E-state index is 11.6. The van der Waals surface area contributed by atoms with E-state index in [2.05, 4.69) is 15.0 Å². The highest BCUT2D eigenvalue weighted by atomic mass is 16.1. The van der Waals surface area contributed by atoms with Crippen molar-refractivity contribution < 1.29 is 0 Å². The van der Waals surface area contributed by atoms with Crippen LogP contribution in [0.2, 0.25) is 0 Å². The molecule has 0 saturated heterocycles. The zero-order valence-corrected chi connectivity index (χ0v) is 9.32. The van der Waals surface area contributed by atoms with Gasteiger partial charge in [0, 0.05) is 30.1 Å². The first-order valence-corrected chi connectivity index (χ1v) is 5.11. The van der Waals surface area contributed by atoms with E-state index in [-0.39, 0.29) is 5.56 Å². The Hall–Kier alpha value is -1.97. The third-order valence-corrected chi connectivity index (χ3v) is 2.37. The van der Waals surface area contributed by atoms with E-state index >= 15 is 0 Å². The molecule has 0 aliphatic carbocycles. The SMILES string of the molecule is Cc1ccc(Cc2cnc(C)[nH]c2=O)cn1. The second kappa shape index (κ2) is 4.26. The van der Waals surface area contributed by atoms with Gasteiger partial charge in [0.05, 0.1) is 0 Å². The molecule has 82 valence electrons. The van der Waals surface area contributed by atoms with Gasteiger partial charge < -0.3 is 4.98 Å². The fourth-order valence-electron chi connectivity index (χ4n) is 1.46. The lowest BCUT2D eigenvalue weighted by Crippen LogP contribution is -2.15. The first-order valence-electron chi connectivity index (χ1n) is 5.11. The van der Waals surface area contributed by atoms with Crippen LogP contribution in [0.1, 0.15) is 22.6 Å². The number of nitrogens with one attached hydrogen (secondary N) is 1. The van der Waals surface area contributed by atoms with Gasteiger partial charge in [0.2, 0.25) is 0 Å². The van der Waals surface area contributed by atoms with Gasteiger partial charge in [0.1, 0.15) is 5.82 Å². The Morgan fingerprint density at radius 1 is 1.19 bits per heavy atom. The maximum Gasteiger partial charge on any atom is 0.254 e. The molecule has 0 aliphatic rings. The summed E-state index contributed by atoms with van der Waals surface area (Å²) in [5.41, 5.74) is 2.57. The zero-order chi connectivity index (χ0) is 11.5. The average Bonchev–Trinajstić information content (AvgIpc) is 2.25. The van der Waals surface area contributed by atoms with Crippen molar-refractivity contribution in [1.29, 1.82) is 0 Å². The topological polar surface area (TPSA) is 58.6 Å². The summed E-state index contributed by atoms with van der Waals surface area (Å²) in [5, 5.41) is 0. The number of pyridine rings is 1. The third kappa shape index (κ3) is 2.34. The molecule has 0 atom stereocenters. The summed E-state index contributed by atoms with van der Waals surface area (Å²) < 4.78 is 0. The highest BCUT2D eigenvalue weighted by Gasteiger charge is 2.02. The largest absolute Gasteiger partial charge is 0.311 e. The van der Waals surface area contributed by atoms with Gasteiger partial charge >= 0.3 is 0 Å². The fourth-order valence-corrected chi connectivity index (χ4v) is 1.46. The van der Waals surface area contributed by atoms with E-state index in [1.165, 1.54) is 0 Å². The summed E-state index contributed by atoms with van der Waals surface area (Å²) in [7, 11) is 0. The smallest absolute Gasteiger partial charge is 0.254 e. The van der Waals surface area contributed by atoms with Crippen molar-refractivity contribution in [3.63, 3.8) is 0 Å². The predicted molar refractivity (Wildman–Crippen MR) is 61.4 cm³/mol. The minimum Gasteiger partial charge on any atom is -0.311 e. The van der Waals surface area contributed by atoms with Gasteiger partial charge in [-0.15, -0.1) is 0 Å². The molecule has 0 radical (unpaired) electrons. The van der Waals surface area contributed by atoms with E-state index in [1.807, 2.05) is 19.1 Å². The number of aromatic nitrogens is 3. The van der Waals surface area contributed by atoms with Gasteiger partial charge in [0.15, 0.2) is 0 Å². The van der Waals surface area contributed by atoms with Gasteiger partial charge in [-0.05, 0) is 25.5 Å². The van der Waals surface area contributed by atoms with Crippen LogP contribution in [0.3, 0.4) is 0 Å². The van der Waals surface area contributed by atoms with Gasteiger partial charge in [-0.25, -0.2) is 4.98 Å². The highest BCUT2D eigenvalue weighted by molar-refractivity contribution is 5.21. The molecule has 2 rings (SSSR count). The quantitative estimate of drug-likeness (QED) is 0.823. The van der Waals surface area contributed by atoms with Gasteiger partial charge in [-0.2, -0.15) is 0 Å². The van der Waals surface area contributed by atoms with E-state index in [0.717, 1.165) is 11.3 Å². The molecule has 0 unspecified atom stereocenters. The minimum absolute atomic E-state index is 0.0759. The normalized spacial score (nSPS) is 10.4. The average molecular weight is 215 g/mol. The highest BCUT2D eigenvalue weighted by Crippen LogP contribution is 2.04. The molecule has 0 saturated carbocycles. The summed E-state index contributed by atoms with van der Waals surface area (Å²) in [6.07, 6.45) is 3.97. The van der Waals surface area contributed by atoms with Gasteiger partial charge in [-0.3, -0.25) is 9.78 Å². The number of nitrogens with zero attached hydrogens (tertiary/aromatic N) is 2. The summed E-state index contributed by atoms with van der Waals surface area (Å²) in [4.78, 5) is 22.5. The summed E-state index contributed by atoms with van der Waals surface area (Å²) in [5.74, 6) is 0.635. The van der Waals surface area contributed by atoms with Gasteiger partial charge in [-0.1, -0.05) is 6.07 Å². The molecule has 0 spiro atoms. The van der Waals surface area contributed by atoms with E-state index in [4.69, 9.17) is 0 Å². The summed E-state index contributed by atoms with van der Waals surface area (Å²) in [6, 6.07) is 3.91. The zero-order valence-electron chi connectivity index (χ0n) is 9.32. The first kappa shape index (κ1) is 10.5. The second-order valence-corrected chi connectivity index (χ2v) is 3.81. The lowest BCUT2D eigenvalue weighted by Gasteiger charge is -2.01. The van der Waals surface area contributed by atoms with Crippen molar-refractivity contribution >= 4 is 0 Å². The Kier molecular flexibility index (Phi) is 2.81. The molecule has 1 N–H and O–H groups in total. The molecule has 16 heavy (non-hydrogen) atoms. The van der Waals surface area contributed by atoms with Crippen molar-refractivity contribution in [3.05, 3.63) is 57.5 Å². The fraction of sp³-hybridized carbons (Fsp3) is 0.250. The number of aromatic amines is 1. The van der Waals surface area contributed by atoms with Crippen molar-refractivity contribution in [2.45, 2.75) is 20.3 Å². The molecule has 2 heterocycles. The van der Waals surface area contributed by atoms with Crippen LogP contribution in [-0.2, 0) is 6.42 Å². The number of hydrogen-bond donors (Lipinski definition) is 1. The van der Waals surface area contributed by atoms with Crippen LogP contribution < -0.4 is 5.56 Å². The monoisotopic (exact) mass is 215 g/mol. The molecule has 0 fully saturated rings. The Bertz CT molecular complexity index is 543. The van der Waals surface area contributed by atoms with Crippen molar-refractivity contribution in [2.75, 3.05) is 0 Å². The predicted octanol–water partition coefficient (Wildman–Crippen LogP) is 1.37. The number of H-pyrrole nitrogens is 1. The van der Waals surface area contributed by atoms with Crippen LogP contribution in [0.4, 0.5) is 0 Å². The van der Waals surface area contributed by atoms with Crippen molar-refractivity contribution in [1.82, 2.24) is 15.0 Å². The Labute approximate surface area is 93.4 Å². The lowest BCUT2D eigenvalue weighted by atomic mass is 10.1. The van der Waals surface area contributed by atoms with Crippen LogP contribution in [-0.4, -0.2) is 15.0 Å². The molecule has 0 aliphatic heterocycles. The summed E-state index contributed by atoms with van der Waals surface area (Å²) in [6.45, 7) is 3.70. The molecule has 0 amide bonds. The molecule has 4 nitrogen and oxygen atoms in total. The molecule has 0 bridgehead atoms.